The van der Waals surface area contributed by atoms with E-state index in [1.807, 2.05) is 0 Å². The second-order valence-electron chi connectivity index (χ2n) is 10.0. The molecule has 2 fully saturated rings. The zero-order chi connectivity index (χ0) is 23.1. The summed E-state index contributed by atoms with van der Waals surface area (Å²) in [4.78, 5) is 0. The van der Waals surface area contributed by atoms with Crippen LogP contribution >= 0.6 is 0 Å². The summed E-state index contributed by atoms with van der Waals surface area (Å²) in [5, 5.41) is 0. The van der Waals surface area contributed by atoms with Crippen LogP contribution in [0.15, 0.2) is 24.3 Å². The van der Waals surface area contributed by atoms with Gasteiger partial charge in [0.05, 0.1) is 0 Å². The lowest BCUT2D eigenvalue weighted by molar-refractivity contribution is -0.142. The number of alkyl halides is 3. The van der Waals surface area contributed by atoms with Crippen LogP contribution in [0.5, 0.6) is 0 Å². The summed E-state index contributed by atoms with van der Waals surface area (Å²) in [7, 11) is 0. The standard InChI is InChI=1S/C27H37F5/c1-2-3-4-5-6-19-7-9-20(10-8-19)11-12-21-13-15-22(16-14-21)23-17-24(28)26(25(29)18-23)27(30,31)32/h4-5,17-22H,2-3,6-16H2,1H3/b5-4+. The molecule has 0 unspecified atom stereocenters. The molecule has 0 radical (unpaired) electrons. The molecule has 0 spiro atoms. The maximum absolute atomic E-state index is 13.9. The van der Waals surface area contributed by atoms with Crippen molar-refractivity contribution in [3.8, 4) is 0 Å². The summed E-state index contributed by atoms with van der Waals surface area (Å²) in [5.41, 5.74) is -1.40. The summed E-state index contributed by atoms with van der Waals surface area (Å²) in [6.07, 6.45) is 14.6. The molecule has 0 heterocycles. The number of halogens is 5. The zero-order valence-corrected chi connectivity index (χ0v) is 19.2. The van der Waals surface area contributed by atoms with Crippen LogP contribution in [0.2, 0.25) is 0 Å². The van der Waals surface area contributed by atoms with Crippen molar-refractivity contribution in [1.29, 1.82) is 0 Å². The monoisotopic (exact) mass is 456 g/mol. The van der Waals surface area contributed by atoms with Crippen LogP contribution in [0.3, 0.4) is 0 Å². The molecular formula is C27H37F5. The lowest BCUT2D eigenvalue weighted by Crippen LogP contribution is -2.18. The van der Waals surface area contributed by atoms with Crippen molar-refractivity contribution in [1.82, 2.24) is 0 Å². The quantitative estimate of drug-likeness (QED) is 0.270. The summed E-state index contributed by atoms with van der Waals surface area (Å²) in [6.45, 7) is 2.20. The Morgan fingerprint density at radius 3 is 1.78 bits per heavy atom. The molecule has 2 saturated carbocycles. The average molecular weight is 457 g/mol. The van der Waals surface area contributed by atoms with E-state index >= 15 is 0 Å². The molecule has 0 bridgehead atoms. The number of unbranched alkanes of at least 4 members (excludes halogenated alkanes) is 1. The smallest absolute Gasteiger partial charge is 0.206 e. The Kier molecular flexibility index (Phi) is 9.19. The van der Waals surface area contributed by atoms with Gasteiger partial charge in [0.2, 0.25) is 0 Å². The highest BCUT2D eigenvalue weighted by Crippen LogP contribution is 2.42. The molecular weight excluding hydrogens is 419 g/mol. The third-order valence-electron chi connectivity index (χ3n) is 7.71. The molecule has 0 atom stereocenters. The fourth-order valence-corrected chi connectivity index (χ4v) is 5.68. The molecule has 2 aliphatic carbocycles. The maximum Gasteiger partial charge on any atom is 0.422 e. The molecule has 32 heavy (non-hydrogen) atoms. The molecule has 2 aliphatic rings. The van der Waals surface area contributed by atoms with E-state index < -0.39 is 23.4 Å². The molecule has 1 aromatic carbocycles. The third-order valence-corrected chi connectivity index (χ3v) is 7.71. The van der Waals surface area contributed by atoms with Crippen molar-refractivity contribution in [2.75, 3.05) is 0 Å². The zero-order valence-electron chi connectivity index (χ0n) is 19.2. The Bertz CT molecular complexity index is 712. The second-order valence-corrected chi connectivity index (χ2v) is 10.0. The molecule has 1 aromatic rings. The van der Waals surface area contributed by atoms with Crippen LogP contribution in [0.25, 0.3) is 0 Å². The van der Waals surface area contributed by atoms with Crippen molar-refractivity contribution in [2.45, 2.75) is 102 Å². The van der Waals surface area contributed by atoms with Gasteiger partial charge in [-0.3, -0.25) is 0 Å². The van der Waals surface area contributed by atoms with Crippen LogP contribution in [-0.4, -0.2) is 0 Å². The van der Waals surface area contributed by atoms with E-state index in [4.69, 9.17) is 0 Å². The van der Waals surface area contributed by atoms with Gasteiger partial charge in [0, 0.05) is 0 Å². The highest BCUT2D eigenvalue weighted by atomic mass is 19.4. The van der Waals surface area contributed by atoms with Crippen LogP contribution in [0.1, 0.15) is 107 Å². The largest absolute Gasteiger partial charge is 0.422 e. The van der Waals surface area contributed by atoms with Gasteiger partial charge in [-0.2, -0.15) is 13.2 Å². The normalized spacial score (nSPS) is 27.2. The van der Waals surface area contributed by atoms with E-state index in [0.29, 0.717) is 11.5 Å². The molecule has 0 aliphatic heterocycles. The van der Waals surface area contributed by atoms with E-state index in [-0.39, 0.29) is 5.92 Å². The summed E-state index contributed by atoms with van der Waals surface area (Å²) in [6, 6.07) is 1.79. The summed E-state index contributed by atoms with van der Waals surface area (Å²) < 4.78 is 66.2. The van der Waals surface area contributed by atoms with Crippen LogP contribution < -0.4 is 0 Å². The van der Waals surface area contributed by atoms with Gasteiger partial charge in [-0.1, -0.05) is 51.2 Å². The maximum atomic E-state index is 13.9. The highest BCUT2D eigenvalue weighted by molar-refractivity contribution is 5.30. The van der Waals surface area contributed by atoms with Gasteiger partial charge in [-0.05, 0) is 92.7 Å². The lowest BCUT2D eigenvalue weighted by atomic mass is 9.74. The van der Waals surface area contributed by atoms with Crippen molar-refractivity contribution in [2.24, 2.45) is 17.8 Å². The van der Waals surface area contributed by atoms with Crippen LogP contribution in [-0.2, 0) is 6.18 Å². The van der Waals surface area contributed by atoms with E-state index in [1.54, 1.807) is 0 Å². The fourth-order valence-electron chi connectivity index (χ4n) is 5.68. The Labute approximate surface area is 189 Å². The summed E-state index contributed by atoms with van der Waals surface area (Å²) in [5.74, 6) is -0.739. The minimum Gasteiger partial charge on any atom is -0.206 e. The third kappa shape index (κ3) is 7.05. The van der Waals surface area contributed by atoms with Gasteiger partial charge < -0.3 is 0 Å². The molecule has 0 N–H and O–H groups in total. The number of benzene rings is 1. The average Bonchev–Trinajstić information content (AvgIpc) is 2.75. The van der Waals surface area contributed by atoms with E-state index in [0.717, 1.165) is 49.7 Å². The Hall–Kier alpha value is -1.39. The van der Waals surface area contributed by atoms with Gasteiger partial charge in [-0.25, -0.2) is 8.78 Å². The number of allylic oxidation sites excluding steroid dienone is 2. The Morgan fingerprint density at radius 1 is 0.781 bits per heavy atom. The Balaban J connectivity index is 1.40. The minimum absolute atomic E-state index is 0.0475. The first-order chi connectivity index (χ1) is 15.3. The lowest BCUT2D eigenvalue weighted by Gasteiger charge is -2.32. The van der Waals surface area contributed by atoms with Crippen LogP contribution in [0, 0.1) is 29.4 Å². The molecule has 0 aromatic heterocycles. The molecule has 0 amide bonds. The van der Waals surface area contributed by atoms with Crippen LogP contribution in [0.4, 0.5) is 22.0 Å². The first-order valence-corrected chi connectivity index (χ1v) is 12.5. The van der Waals surface area contributed by atoms with E-state index in [2.05, 4.69) is 19.1 Å². The second kappa shape index (κ2) is 11.7. The number of rotatable bonds is 8. The fraction of sp³-hybridized carbons (Fsp3) is 0.704. The van der Waals surface area contributed by atoms with Gasteiger partial charge in [0.1, 0.15) is 17.2 Å². The molecule has 3 rings (SSSR count). The summed E-state index contributed by atoms with van der Waals surface area (Å²) >= 11 is 0. The molecule has 0 nitrogen and oxygen atoms in total. The SMILES string of the molecule is CCC/C=C/CC1CCC(CCC2CCC(c3cc(F)c(C(F)(F)F)c(F)c3)CC2)CC1. The topological polar surface area (TPSA) is 0 Å². The predicted molar refractivity (Wildman–Crippen MR) is 119 cm³/mol. The molecule has 180 valence electrons. The van der Waals surface area contributed by atoms with Crippen molar-refractivity contribution >= 4 is 0 Å². The number of hydrogen-bond acceptors (Lipinski definition) is 0. The highest BCUT2D eigenvalue weighted by Gasteiger charge is 2.38. The molecule has 0 saturated heterocycles. The van der Waals surface area contributed by atoms with E-state index in [9.17, 15) is 22.0 Å². The van der Waals surface area contributed by atoms with Crippen molar-refractivity contribution in [3.05, 3.63) is 47.0 Å². The van der Waals surface area contributed by atoms with Gasteiger partial charge in [0.25, 0.3) is 0 Å². The van der Waals surface area contributed by atoms with Gasteiger partial charge >= 0.3 is 6.18 Å². The van der Waals surface area contributed by atoms with Crippen molar-refractivity contribution < 1.29 is 22.0 Å². The van der Waals surface area contributed by atoms with E-state index in [1.165, 1.54) is 57.8 Å². The first kappa shape index (κ1) is 25.2. The number of hydrogen-bond donors (Lipinski definition) is 0. The predicted octanol–water partition coefficient (Wildman–Crippen LogP) is 9.59. The first-order valence-electron chi connectivity index (χ1n) is 12.5. The Morgan fingerprint density at radius 2 is 1.28 bits per heavy atom. The van der Waals surface area contributed by atoms with Crippen molar-refractivity contribution in [3.63, 3.8) is 0 Å². The molecule has 5 heteroatoms. The van der Waals surface area contributed by atoms with Gasteiger partial charge in [0.15, 0.2) is 0 Å². The van der Waals surface area contributed by atoms with Gasteiger partial charge in [-0.15, -0.1) is 0 Å². The minimum atomic E-state index is -5.00.